The summed E-state index contributed by atoms with van der Waals surface area (Å²) >= 11 is 8.29. The molecule has 2 aliphatic rings. The van der Waals surface area contributed by atoms with E-state index in [-0.39, 0.29) is 6.61 Å². The van der Waals surface area contributed by atoms with Gasteiger partial charge >= 0.3 is 23.9 Å². The standard InChI is InChI=1S/C22H27ClN2OS.2C4H4O4/c1-16-18-5-2-3-6-20(18)27-21-8-7-17(23)15-19(21)22(16)25-12-10-24(11-13-25)9-4-14-26;2*5-3(6)1-2-4(7)8/h2-3,5-8,15-16,22,26H,4,9-14H2,1H3;2*1-2H,(H,5,6)(H,7,8)/b;2*2-1+. The van der Waals surface area contributed by atoms with E-state index >= 15 is 0 Å². The van der Waals surface area contributed by atoms with Gasteiger partial charge in [0.05, 0.1) is 0 Å². The van der Waals surface area contributed by atoms with Crippen LogP contribution in [0.15, 0.2) is 76.6 Å². The molecule has 0 radical (unpaired) electrons. The highest BCUT2D eigenvalue weighted by molar-refractivity contribution is 7.99. The van der Waals surface area contributed by atoms with Crippen LogP contribution in [0, 0.1) is 0 Å². The van der Waals surface area contributed by atoms with Crippen molar-refractivity contribution in [3.63, 3.8) is 0 Å². The summed E-state index contributed by atoms with van der Waals surface area (Å²) in [6.45, 7) is 7.86. The van der Waals surface area contributed by atoms with Crippen molar-refractivity contribution in [2.75, 3.05) is 39.3 Å². The Hall–Kier alpha value is -3.68. The van der Waals surface area contributed by atoms with E-state index in [0.717, 1.165) is 44.2 Å². The van der Waals surface area contributed by atoms with Gasteiger partial charge in [-0.3, -0.25) is 4.90 Å². The van der Waals surface area contributed by atoms with Gasteiger partial charge in [0, 0.05) is 90.4 Å². The summed E-state index contributed by atoms with van der Waals surface area (Å²) < 4.78 is 0. The molecule has 13 heteroatoms. The molecule has 0 bridgehead atoms. The summed E-state index contributed by atoms with van der Waals surface area (Å²) in [6.07, 6.45) is 3.09. The second kappa shape index (κ2) is 18.1. The fraction of sp³-hybridized carbons (Fsp3) is 0.333. The lowest BCUT2D eigenvalue weighted by atomic mass is 9.87. The molecule has 0 saturated carbocycles. The lowest BCUT2D eigenvalue weighted by Gasteiger charge is -2.42. The molecule has 2 aromatic carbocycles. The van der Waals surface area contributed by atoms with Crippen LogP contribution >= 0.6 is 23.4 Å². The highest BCUT2D eigenvalue weighted by Gasteiger charge is 2.34. The Balaban J connectivity index is 0.000000334. The monoisotopic (exact) mass is 634 g/mol. The Morgan fingerprint density at radius 2 is 1.33 bits per heavy atom. The van der Waals surface area contributed by atoms with Crippen molar-refractivity contribution in [2.24, 2.45) is 0 Å². The molecule has 2 atom stereocenters. The zero-order valence-electron chi connectivity index (χ0n) is 23.5. The van der Waals surface area contributed by atoms with Crippen LogP contribution in [0.2, 0.25) is 5.02 Å². The van der Waals surface area contributed by atoms with E-state index in [9.17, 15) is 19.2 Å². The lowest BCUT2D eigenvalue weighted by molar-refractivity contribution is -0.134. The quantitative estimate of drug-likeness (QED) is 0.264. The molecular formula is C30H35ClN2O9S. The zero-order valence-corrected chi connectivity index (χ0v) is 25.1. The summed E-state index contributed by atoms with van der Waals surface area (Å²) in [7, 11) is 0. The Morgan fingerprint density at radius 3 is 1.84 bits per heavy atom. The Morgan fingerprint density at radius 1 is 0.814 bits per heavy atom. The number of rotatable bonds is 8. The number of benzene rings is 2. The van der Waals surface area contributed by atoms with Crippen molar-refractivity contribution in [3.8, 4) is 0 Å². The molecular weight excluding hydrogens is 600 g/mol. The number of halogens is 1. The van der Waals surface area contributed by atoms with Gasteiger partial charge in [-0.25, -0.2) is 19.2 Å². The Bertz CT molecular complexity index is 1260. The molecule has 1 saturated heterocycles. The smallest absolute Gasteiger partial charge is 0.328 e. The number of hydrogen-bond acceptors (Lipinski definition) is 8. The van der Waals surface area contributed by atoms with Crippen LogP contribution in [0.4, 0.5) is 0 Å². The molecule has 0 aliphatic carbocycles. The van der Waals surface area contributed by atoms with Crippen LogP contribution in [-0.4, -0.2) is 98.5 Å². The first kappa shape index (κ1) is 35.5. The van der Waals surface area contributed by atoms with Gasteiger partial charge in [0.25, 0.3) is 0 Å². The third kappa shape index (κ3) is 12.2. The first-order chi connectivity index (χ1) is 20.4. The number of carbonyl (C=O) groups is 4. The number of aliphatic hydroxyl groups is 1. The summed E-state index contributed by atoms with van der Waals surface area (Å²) in [4.78, 5) is 46.0. The van der Waals surface area contributed by atoms with E-state index in [1.54, 1.807) is 0 Å². The molecule has 43 heavy (non-hydrogen) atoms. The predicted molar refractivity (Wildman–Crippen MR) is 162 cm³/mol. The molecule has 1 fully saturated rings. The van der Waals surface area contributed by atoms with Crippen molar-refractivity contribution in [1.29, 1.82) is 0 Å². The third-order valence-electron chi connectivity index (χ3n) is 6.56. The average Bonchev–Trinajstić information content (AvgIpc) is 3.08. The predicted octanol–water partition coefficient (Wildman–Crippen LogP) is 4.07. The van der Waals surface area contributed by atoms with Crippen molar-refractivity contribution >= 4 is 47.2 Å². The molecule has 0 aromatic heterocycles. The van der Waals surface area contributed by atoms with Crippen LogP contribution in [0.1, 0.15) is 36.4 Å². The van der Waals surface area contributed by atoms with Crippen LogP contribution < -0.4 is 0 Å². The van der Waals surface area contributed by atoms with Crippen molar-refractivity contribution in [2.45, 2.75) is 35.1 Å². The topological polar surface area (TPSA) is 176 Å². The minimum Gasteiger partial charge on any atom is -0.478 e. The molecule has 0 amide bonds. The fourth-order valence-electron chi connectivity index (χ4n) is 4.71. The molecule has 2 unspecified atom stereocenters. The second-order valence-corrected chi connectivity index (χ2v) is 11.1. The molecule has 11 nitrogen and oxygen atoms in total. The highest BCUT2D eigenvalue weighted by Crippen LogP contribution is 2.49. The number of aliphatic carboxylic acids is 4. The van der Waals surface area contributed by atoms with Crippen molar-refractivity contribution in [1.82, 2.24) is 9.80 Å². The minimum atomic E-state index is -1.26. The first-order valence-corrected chi connectivity index (χ1v) is 14.5. The molecule has 2 aromatic rings. The lowest BCUT2D eigenvalue weighted by Crippen LogP contribution is -2.48. The maximum atomic E-state index is 9.55. The number of aliphatic hydroxyl groups excluding tert-OH is 1. The molecule has 0 spiro atoms. The third-order valence-corrected chi connectivity index (χ3v) is 7.98. The summed E-state index contributed by atoms with van der Waals surface area (Å²) in [6, 6.07) is 15.5. The van der Waals surface area contributed by atoms with E-state index in [2.05, 4.69) is 53.1 Å². The maximum Gasteiger partial charge on any atom is 0.328 e. The number of hydrogen-bond donors (Lipinski definition) is 5. The summed E-state index contributed by atoms with van der Waals surface area (Å²) in [5.74, 6) is -4.61. The Labute approximate surface area is 258 Å². The van der Waals surface area contributed by atoms with E-state index in [1.165, 1.54) is 20.9 Å². The highest BCUT2D eigenvalue weighted by atomic mass is 35.5. The van der Waals surface area contributed by atoms with E-state index in [4.69, 9.17) is 37.1 Å². The number of piperazine rings is 1. The van der Waals surface area contributed by atoms with Gasteiger partial charge in [-0.1, -0.05) is 48.5 Å². The van der Waals surface area contributed by atoms with Gasteiger partial charge < -0.3 is 30.4 Å². The minimum absolute atomic E-state index is 0.278. The number of carboxylic acid groups (broad SMARTS) is 4. The molecule has 2 aliphatic heterocycles. The number of nitrogens with zero attached hydrogens (tertiary/aromatic N) is 2. The fourth-order valence-corrected chi connectivity index (χ4v) is 6.08. The Kier molecular flexibility index (Phi) is 14.9. The average molecular weight is 635 g/mol. The van der Waals surface area contributed by atoms with Crippen LogP contribution in [0.3, 0.4) is 0 Å². The molecule has 232 valence electrons. The molecule has 5 N–H and O–H groups in total. The van der Waals surface area contributed by atoms with Gasteiger partial charge in [-0.2, -0.15) is 0 Å². The van der Waals surface area contributed by atoms with Gasteiger partial charge in [0.1, 0.15) is 0 Å². The zero-order chi connectivity index (χ0) is 31.9. The van der Waals surface area contributed by atoms with Crippen molar-refractivity contribution in [3.05, 3.63) is 82.9 Å². The summed E-state index contributed by atoms with van der Waals surface area (Å²) in [5, 5.41) is 41.2. The molecule has 4 rings (SSSR count). The maximum absolute atomic E-state index is 9.55. The van der Waals surface area contributed by atoms with Gasteiger partial charge in [0.15, 0.2) is 0 Å². The molecule has 2 heterocycles. The second-order valence-electron chi connectivity index (χ2n) is 9.53. The van der Waals surface area contributed by atoms with Gasteiger partial charge in [0.2, 0.25) is 0 Å². The van der Waals surface area contributed by atoms with Crippen LogP contribution in [-0.2, 0) is 19.2 Å². The van der Waals surface area contributed by atoms with E-state index < -0.39 is 23.9 Å². The summed E-state index contributed by atoms with van der Waals surface area (Å²) in [5.41, 5.74) is 2.79. The first-order valence-electron chi connectivity index (χ1n) is 13.3. The van der Waals surface area contributed by atoms with Gasteiger partial charge in [-0.05, 0) is 41.8 Å². The SMILES string of the molecule is CC1c2ccccc2Sc2ccc(Cl)cc2C1N1CCN(CCCO)CC1.O=C(O)/C=C/C(=O)O.O=C(O)/C=C/C(=O)O. The van der Waals surface area contributed by atoms with Crippen LogP contribution in [0.25, 0.3) is 0 Å². The van der Waals surface area contributed by atoms with Gasteiger partial charge in [-0.15, -0.1) is 0 Å². The van der Waals surface area contributed by atoms with E-state index in [1.807, 2.05) is 17.8 Å². The van der Waals surface area contributed by atoms with Crippen molar-refractivity contribution < 1.29 is 44.7 Å². The largest absolute Gasteiger partial charge is 0.478 e. The number of fused-ring (bicyclic) bond motifs is 2. The van der Waals surface area contributed by atoms with E-state index in [0.29, 0.717) is 36.3 Å². The normalized spacial score (nSPS) is 18.3. The number of carboxylic acids is 4. The van der Waals surface area contributed by atoms with Crippen LogP contribution in [0.5, 0.6) is 0 Å².